The van der Waals surface area contributed by atoms with E-state index in [-0.39, 0.29) is 13.2 Å². The highest BCUT2D eigenvalue weighted by atomic mass is 32.2. The summed E-state index contributed by atoms with van der Waals surface area (Å²) in [5.41, 5.74) is 0. The highest BCUT2D eigenvalue weighted by Gasteiger charge is 1.99. The molecule has 0 heterocycles. The lowest BCUT2D eigenvalue weighted by molar-refractivity contribution is 0.136. The molecule has 0 aromatic carbocycles. The van der Waals surface area contributed by atoms with Crippen molar-refractivity contribution < 1.29 is 14.6 Å². The smallest absolute Gasteiger partial charge is 0.407 e. The number of nitrogens with one attached hydrogen (secondary N) is 1. The van der Waals surface area contributed by atoms with Crippen LogP contribution in [0, 0.1) is 0 Å². The fraction of sp³-hybridized carbons (Fsp3) is 0.900. The van der Waals surface area contributed by atoms with Crippen LogP contribution < -0.4 is 5.32 Å². The van der Waals surface area contributed by atoms with E-state index in [1.807, 2.05) is 35.3 Å². The number of amides is 1. The molecule has 102 valence electrons. The minimum Gasteiger partial charge on any atom is -0.449 e. The fourth-order valence-corrected chi connectivity index (χ4v) is 4.01. The summed E-state index contributed by atoms with van der Waals surface area (Å²) in [5.74, 6) is 2.07. The third-order valence-corrected chi connectivity index (χ3v) is 5.16. The number of aliphatic hydroxyl groups is 1. The van der Waals surface area contributed by atoms with Crippen molar-refractivity contribution in [2.24, 2.45) is 0 Å². The van der Waals surface area contributed by atoms with Gasteiger partial charge in [0, 0.05) is 35.5 Å². The van der Waals surface area contributed by atoms with Gasteiger partial charge in [-0.15, -0.1) is 23.5 Å². The lowest BCUT2D eigenvalue weighted by Crippen LogP contribution is -2.27. The van der Waals surface area contributed by atoms with Crippen LogP contribution >= 0.6 is 35.3 Å². The van der Waals surface area contributed by atoms with E-state index >= 15 is 0 Å². The Kier molecular flexibility index (Phi) is 14.6. The predicted octanol–water partition coefficient (Wildman–Crippen LogP) is 2.23. The summed E-state index contributed by atoms with van der Waals surface area (Å²) in [7, 11) is 0. The minimum absolute atomic E-state index is 0.0517. The Balaban J connectivity index is 3.08. The van der Waals surface area contributed by atoms with Crippen molar-refractivity contribution in [1.82, 2.24) is 5.32 Å². The van der Waals surface area contributed by atoms with Crippen molar-refractivity contribution in [3.8, 4) is 0 Å². The molecule has 2 N–H and O–H groups in total. The Hall–Kier alpha value is 0.280. The maximum absolute atomic E-state index is 11.1. The first-order valence-corrected chi connectivity index (χ1v) is 9.02. The predicted molar refractivity (Wildman–Crippen MR) is 79.0 cm³/mol. The molecule has 0 spiro atoms. The number of carbonyl (C=O) groups is 1. The lowest BCUT2D eigenvalue weighted by atomic mass is 10.5. The summed E-state index contributed by atoms with van der Waals surface area (Å²) in [6.07, 6.45) is 0.0988. The second-order valence-electron chi connectivity index (χ2n) is 2.98. The minimum atomic E-state index is -0.395. The SMILES string of the molecule is CCSCSCSCCNC(=O)OCCCO. The maximum atomic E-state index is 11.1. The summed E-state index contributed by atoms with van der Waals surface area (Å²) in [6, 6.07) is 0. The van der Waals surface area contributed by atoms with E-state index in [4.69, 9.17) is 9.84 Å². The normalized spacial score (nSPS) is 10.2. The first kappa shape index (κ1) is 17.3. The molecule has 0 saturated carbocycles. The van der Waals surface area contributed by atoms with Gasteiger partial charge in [0.1, 0.15) is 0 Å². The Morgan fingerprint density at radius 2 is 2.06 bits per heavy atom. The summed E-state index contributed by atoms with van der Waals surface area (Å²) < 4.78 is 4.81. The molecule has 0 aliphatic carbocycles. The average Bonchev–Trinajstić information content (AvgIpc) is 2.33. The van der Waals surface area contributed by atoms with E-state index in [9.17, 15) is 4.79 Å². The van der Waals surface area contributed by atoms with Crippen molar-refractivity contribution in [1.29, 1.82) is 0 Å². The quantitative estimate of drug-likeness (QED) is 0.451. The molecule has 0 aromatic rings. The van der Waals surface area contributed by atoms with Gasteiger partial charge in [-0.25, -0.2) is 4.79 Å². The van der Waals surface area contributed by atoms with Crippen LogP contribution in [-0.2, 0) is 4.74 Å². The fourth-order valence-electron chi connectivity index (χ4n) is 0.800. The molecule has 0 bridgehead atoms. The topological polar surface area (TPSA) is 58.6 Å². The van der Waals surface area contributed by atoms with Crippen molar-refractivity contribution in [2.75, 3.05) is 41.4 Å². The Labute approximate surface area is 116 Å². The summed E-state index contributed by atoms with van der Waals surface area (Å²) in [4.78, 5) is 11.1. The van der Waals surface area contributed by atoms with Gasteiger partial charge in [0.05, 0.1) is 6.61 Å². The number of hydrogen-bond donors (Lipinski definition) is 2. The highest BCUT2D eigenvalue weighted by molar-refractivity contribution is 8.22. The van der Waals surface area contributed by atoms with Gasteiger partial charge in [-0.3, -0.25) is 0 Å². The van der Waals surface area contributed by atoms with Crippen molar-refractivity contribution >= 4 is 41.4 Å². The van der Waals surface area contributed by atoms with E-state index in [0.29, 0.717) is 13.0 Å². The molecule has 7 heteroatoms. The van der Waals surface area contributed by atoms with Gasteiger partial charge in [0.25, 0.3) is 0 Å². The van der Waals surface area contributed by atoms with Crippen LogP contribution in [0.2, 0.25) is 0 Å². The molecule has 0 aliphatic rings. The Bertz CT molecular complexity index is 184. The maximum Gasteiger partial charge on any atom is 0.407 e. The number of alkyl carbamates (subject to hydrolysis) is 1. The van der Waals surface area contributed by atoms with Crippen LogP contribution in [0.15, 0.2) is 0 Å². The number of ether oxygens (including phenoxy) is 1. The number of hydrogen-bond acceptors (Lipinski definition) is 6. The standard InChI is InChI=1S/C10H21NO3S3/c1-2-15-8-17-9-16-7-4-11-10(13)14-6-3-5-12/h12H,2-9H2,1H3,(H,11,13). The van der Waals surface area contributed by atoms with Gasteiger partial charge < -0.3 is 15.2 Å². The van der Waals surface area contributed by atoms with Gasteiger partial charge in [0.15, 0.2) is 0 Å². The molecule has 1 amide bonds. The van der Waals surface area contributed by atoms with Crippen molar-refractivity contribution in [2.45, 2.75) is 13.3 Å². The van der Waals surface area contributed by atoms with Crippen molar-refractivity contribution in [3.63, 3.8) is 0 Å². The van der Waals surface area contributed by atoms with Crippen LogP contribution in [0.3, 0.4) is 0 Å². The third-order valence-electron chi connectivity index (χ3n) is 1.59. The van der Waals surface area contributed by atoms with Crippen LogP contribution in [0.5, 0.6) is 0 Å². The number of thioether (sulfide) groups is 3. The molecule has 0 rings (SSSR count). The van der Waals surface area contributed by atoms with Gasteiger partial charge in [-0.05, 0) is 5.75 Å². The summed E-state index contributed by atoms with van der Waals surface area (Å²) in [5, 5.41) is 13.4. The summed E-state index contributed by atoms with van der Waals surface area (Å²) >= 11 is 5.65. The van der Waals surface area contributed by atoms with E-state index in [1.54, 1.807) is 0 Å². The largest absolute Gasteiger partial charge is 0.449 e. The molecule has 17 heavy (non-hydrogen) atoms. The van der Waals surface area contributed by atoms with Crippen LogP contribution in [0.4, 0.5) is 4.79 Å². The molecule has 0 saturated heterocycles. The zero-order chi connectivity index (χ0) is 12.8. The lowest BCUT2D eigenvalue weighted by Gasteiger charge is -2.06. The van der Waals surface area contributed by atoms with Crippen LogP contribution in [-0.4, -0.2) is 52.6 Å². The third kappa shape index (κ3) is 14.2. The molecule has 0 atom stereocenters. The van der Waals surface area contributed by atoms with Crippen molar-refractivity contribution in [3.05, 3.63) is 0 Å². The van der Waals surface area contributed by atoms with Gasteiger partial charge in [-0.1, -0.05) is 6.92 Å². The average molecular weight is 299 g/mol. The zero-order valence-electron chi connectivity index (χ0n) is 10.1. The number of aliphatic hydroxyl groups excluding tert-OH is 1. The van der Waals surface area contributed by atoms with E-state index < -0.39 is 6.09 Å². The molecule has 0 fully saturated rings. The second kappa shape index (κ2) is 14.3. The van der Waals surface area contributed by atoms with Gasteiger partial charge in [0.2, 0.25) is 0 Å². The molecular formula is C10H21NO3S3. The van der Waals surface area contributed by atoms with Crippen LogP contribution in [0.25, 0.3) is 0 Å². The molecular weight excluding hydrogens is 278 g/mol. The zero-order valence-corrected chi connectivity index (χ0v) is 12.6. The monoisotopic (exact) mass is 299 g/mol. The van der Waals surface area contributed by atoms with Gasteiger partial charge in [-0.2, -0.15) is 11.8 Å². The molecule has 0 radical (unpaired) electrons. The first-order chi connectivity index (χ1) is 8.31. The van der Waals surface area contributed by atoms with Gasteiger partial charge >= 0.3 is 6.09 Å². The van der Waals surface area contributed by atoms with E-state index in [0.717, 1.165) is 15.9 Å². The van der Waals surface area contributed by atoms with Crippen LogP contribution in [0.1, 0.15) is 13.3 Å². The Morgan fingerprint density at radius 3 is 2.76 bits per heavy atom. The molecule has 0 unspecified atom stereocenters. The van der Waals surface area contributed by atoms with E-state index in [2.05, 4.69) is 12.2 Å². The highest BCUT2D eigenvalue weighted by Crippen LogP contribution is 2.16. The molecule has 0 aromatic heterocycles. The molecule has 0 aliphatic heterocycles. The summed E-state index contributed by atoms with van der Waals surface area (Å²) in [6.45, 7) is 3.12. The molecule has 4 nitrogen and oxygen atoms in total. The number of rotatable bonds is 11. The first-order valence-electron chi connectivity index (χ1n) is 5.56. The van der Waals surface area contributed by atoms with E-state index in [1.165, 1.54) is 5.75 Å². The second-order valence-corrected chi connectivity index (χ2v) is 7.08. The Morgan fingerprint density at radius 1 is 1.29 bits per heavy atom. The number of carbonyl (C=O) groups excluding carboxylic acids is 1.